The Morgan fingerprint density at radius 1 is 1.33 bits per heavy atom. The van der Waals surface area contributed by atoms with Gasteiger partial charge in [0, 0.05) is 19.4 Å². The van der Waals surface area contributed by atoms with Crippen LogP contribution in [0.1, 0.15) is 50.9 Å². The van der Waals surface area contributed by atoms with Crippen molar-refractivity contribution in [1.82, 2.24) is 14.5 Å². The van der Waals surface area contributed by atoms with Crippen LogP contribution in [0.4, 0.5) is 0 Å². The third-order valence-electron chi connectivity index (χ3n) is 4.73. The Labute approximate surface area is 142 Å². The van der Waals surface area contributed by atoms with E-state index >= 15 is 0 Å². The van der Waals surface area contributed by atoms with Gasteiger partial charge in [0.05, 0.1) is 29.3 Å². The predicted octanol–water partition coefficient (Wildman–Crippen LogP) is 3.47. The molecule has 1 atom stereocenters. The van der Waals surface area contributed by atoms with Gasteiger partial charge in [-0.3, -0.25) is 4.79 Å². The molecule has 0 radical (unpaired) electrons. The third kappa shape index (κ3) is 3.14. The van der Waals surface area contributed by atoms with E-state index in [1.807, 2.05) is 23.1 Å². The number of likely N-dealkylation sites (tertiary alicyclic amines) is 1. The van der Waals surface area contributed by atoms with E-state index in [0.717, 1.165) is 49.1 Å². The first-order valence-electron chi connectivity index (χ1n) is 8.83. The quantitative estimate of drug-likeness (QED) is 0.817. The molecule has 24 heavy (non-hydrogen) atoms. The Morgan fingerprint density at radius 2 is 2.17 bits per heavy atom. The number of hydrogen-bond donors (Lipinski definition) is 0. The first kappa shape index (κ1) is 16.5. The van der Waals surface area contributed by atoms with Crippen molar-refractivity contribution in [2.75, 3.05) is 6.54 Å². The maximum atomic E-state index is 12.3. The highest BCUT2D eigenvalue weighted by molar-refractivity contribution is 5.80. The number of aromatic nitrogens is 2. The van der Waals surface area contributed by atoms with Gasteiger partial charge in [-0.25, -0.2) is 4.98 Å². The second-order valence-electron chi connectivity index (χ2n) is 6.64. The molecule has 1 unspecified atom stereocenters. The molecule has 126 valence electrons. The first-order chi connectivity index (χ1) is 11.7. The van der Waals surface area contributed by atoms with E-state index in [-0.39, 0.29) is 5.91 Å². The van der Waals surface area contributed by atoms with Crippen molar-refractivity contribution >= 4 is 16.9 Å². The van der Waals surface area contributed by atoms with Crippen LogP contribution in [0, 0.1) is 17.2 Å². The zero-order valence-corrected chi connectivity index (χ0v) is 14.5. The highest BCUT2D eigenvalue weighted by atomic mass is 16.2. The van der Waals surface area contributed by atoms with E-state index < -0.39 is 0 Å². The number of benzene rings is 1. The van der Waals surface area contributed by atoms with E-state index in [2.05, 4.69) is 24.5 Å². The molecular weight excluding hydrogens is 300 g/mol. The van der Waals surface area contributed by atoms with E-state index in [0.29, 0.717) is 24.6 Å². The number of amides is 1. The third-order valence-corrected chi connectivity index (χ3v) is 4.73. The average Bonchev–Trinajstić information content (AvgIpc) is 3.09. The first-order valence-corrected chi connectivity index (χ1v) is 8.83. The average molecular weight is 324 g/mol. The number of imidazole rings is 1. The molecule has 0 N–H and O–H groups in total. The highest BCUT2D eigenvalue weighted by Crippen LogP contribution is 2.25. The molecule has 0 bridgehead atoms. The van der Waals surface area contributed by atoms with Gasteiger partial charge < -0.3 is 9.47 Å². The van der Waals surface area contributed by atoms with Crippen molar-refractivity contribution < 1.29 is 4.79 Å². The minimum atomic E-state index is 0.242. The molecule has 1 aromatic carbocycles. The summed E-state index contributed by atoms with van der Waals surface area (Å²) < 4.78 is 2.15. The zero-order valence-electron chi connectivity index (χ0n) is 14.5. The number of nitriles is 1. The zero-order chi connectivity index (χ0) is 17.1. The van der Waals surface area contributed by atoms with Gasteiger partial charge in [-0.15, -0.1) is 0 Å². The molecular formula is C19H24N4O. The Morgan fingerprint density at radius 3 is 2.88 bits per heavy atom. The number of fused-ring (bicyclic) bond motifs is 1. The minimum absolute atomic E-state index is 0.242. The SMILES string of the molecule is CCCc1nc2cc(C#N)ccc2n1CN1CC(CCC)CC1=O. The fourth-order valence-corrected chi connectivity index (χ4v) is 3.58. The number of aryl methyl sites for hydroxylation is 1. The van der Waals surface area contributed by atoms with Gasteiger partial charge in [0.2, 0.25) is 5.91 Å². The van der Waals surface area contributed by atoms with Gasteiger partial charge in [-0.05, 0) is 37.0 Å². The Hall–Kier alpha value is -2.35. The van der Waals surface area contributed by atoms with Crippen molar-refractivity contribution in [3.8, 4) is 6.07 Å². The molecule has 1 fully saturated rings. The number of rotatable bonds is 6. The Bertz CT molecular complexity index is 786. The summed E-state index contributed by atoms with van der Waals surface area (Å²) in [5, 5.41) is 9.08. The minimum Gasteiger partial charge on any atom is -0.324 e. The number of carbonyl (C=O) groups is 1. The summed E-state index contributed by atoms with van der Waals surface area (Å²) in [6, 6.07) is 7.77. The van der Waals surface area contributed by atoms with Crippen LogP contribution < -0.4 is 0 Å². The summed E-state index contributed by atoms with van der Waals surface area (Å²) in [5.41, 5.74) is 2.47. The smallest absolute Gasteiger partial charge is 0.224 e. The van der Waals surface area contributed by atoms with Crippen LogP contribution in [0.15, 0.2) is 18.2 Å². The van der Waals surface area contributed by atoms with E-state index in [1.165, 1.54) is 0 Å². The Kier molecular flexibility index (Phi) is 4.84. The van der Waals surface area contributed by atoms with Crippen LogP contribution in [-0.4, -0.2) is 26.9 Å². The maximum absolute atomic E-state index is 12.3. The largest absolute Gasteiger partial charge is 0.324 e. The van der Waals surface area contributed by atoms with Crippen LogP contribution >= 0.6 is 0 Å². The lowest BCUT2D eigenvalue weighted by Gasteiger charge is -2.19. The van der Waals surface area contributed by atoms with Crippen LogP contribution in [-0.2, 0) is 17.9 Å². The topological polar surface area (TPSA) is 61.9 Å². The van der Waals surface area contributed by atoms with Gasteiger partial charge in [-0.2, -0.15) is 5.26 Å². The molecule has 0 aliphatic carbocycles. The van der Waals surface area contributed by atoms with Gasteiger partial charge >= 0.3 is 0 Å². The molecule has 1 aliphatic heterocycles. The fraction of sp³-hybridized carbons (Fsp3) is 0.526. The second kappa shape index (κ2) is 7.04. The lowest BCUT2D eigenvalue weighted by Crippen LogP contribution is -2.28. The summed E-state index contributed by atoms with van der Waals surface area (Å²) in [6.07, 6.45) is 4.78. The fourth-order valence-electron chi connectivity index (χ4n) is 3.58. The molecule has 5 heteroatoms. The van der Waals surface area contributed by atoms with Crippen molar-refractivity contribution in [1.29, 1.82) is 5.26 Å². The van der Waals surface area contributed by atoms with Gasteiger partial charge in [0.1, 0.15) is 5.82 Å². The molecule has 3 rings (SSSR count). The van der Waals surface area contributed by atoms with Crippen LogP contribution in [0.5, 0.6) is 0 Å². The van der Waals surface area contributed by atoms with Crippen molar-refractivity contribution in [3.63, 3.8) is 0 Å². The lowest BCUT2D eigenvalue weighted by atomic mass is 10.0. The Balaban J connectivity index is 1.91. The lowest BCUT2D eigenvalue weighted by molar-refractivity contribution is -0.129. The molecule has 1 saturated heterocycles. The van der Waals surface area contributed by atoms with Gasteiger partial charge in [0.25, 0.3) is 0 Å². The van der Waals surface area contributed by atoms with Gasteiger partial charge in [0.15, 0.2) is 0 Å². The molecule has 1 aliphatic rings. The number of carbonyl (C=O) groups excluding carboxylic acids is 1. The predicted molar refractivity (Wildman–Crippen MR) is 93.2 cm³/mol. The molecule has 1 amide bonds. The van der Waals surface area contributed by atoms with Gasteiger partial charge in [-0.1, -0.05) is 20.3 Å². The standard InChI is InChI=1S/C19H24N4O/c1-3-5-15-10-19(24)22(12-15)13-23-17-8-7-14(11-20)9-16(17)21-18(23)6-4-2/h7-9,15H,3-6,10,12-13H2,1-2H3. The maximum Gasteiger partial charge on any atom is 0.224 e. The van der Waals surface area contributed by atoms with Crippen molar-refractivity contribution in [3.05, 3.63) is 29.6 Å². The normalized spacial score (nSPS) is 17.6. The monoisotopic (exact) mass is 324 g/mol. The van der Waals surface area contributed by atoms with E-state index in [4.69, 9.17) is 10.2 Å². The number of nitrogens with zero attached hydrogens (tertiary/aromatic N) is 4. The molecule has 0 spiro atoms. The van der Waals surface area contributed by atoms with E-state index in [9.17, 15) is 4.79 Å². The summed E-state index contributed by atoms with van der Waals surface area (Å²) >= 11 is 0. The molecule has 2 aromatic rings. The molecule has 1 aromatic heterocycles. The van der Waals surface area contributed by atoms with Crippen LogP contribution in [0.25, 0.3) is 11.0 Å². The van der Waals surface area contributed by atoms with Crippen LogP contribution in [0.3, 0.4) is 0 Å². The summed E-state index contributed by atoms with van der Waals surface area (Å²) in [7, 11) is 0. The summed E-state index contributed by atoms with van der Waals surface area (Å²) in [5.74, 6) is 1.72. The second-order valence-corrected chi connectivity index (χ2v) is 6.64. The van der Waals surface area contributed by atoms with Crippen molar-refractivity contribution in [2.45, 2.75) is 52.6 Å². The summed E-state index contributed by atoms with van der Waals surface area (Å²) in [6.45, 7) is 5.70. The van der Waals surface area contributed by atoms with Crippen molar-refractivity contribution in [2.24, 2.45) is 5.92 Å². The molecule has 0 saturated carbocycles. The van der Waals surface area contributed by atoms with E-state index in [1.54, 1.807) is 0 Å². The van der Waals surface area contributed by atoms with Crippen LogP contribution in [0.2, 0.25) is 0 Å². The molecule has 2 heterocycles. The summed E-state index contributed by atoms with van der Waals surface area (Å²) in [4.78, 5) is 19.0. The highest BCUT2D eigenvalue weighted by Gasteiger charge is 2.29. The number of hydrogen-bond acceptors (Lipinski definition) is 3. The molecule has 5 nitrogen and oxygen atoms in total.